The van der Waals surface area contributed by atoms with Crippen LogP contribution in [0.3, 0.4) is 0 Å². The molecule has 0 atom stereocenters. The van der Waals surface area contributed by atoms with E-state index in [1.54, 1.807) is 0 Å². The van der Waals surface area contributed by atoms with Crippen LogP contribution in [0.2, 0.25) is 0 Å². The predicted octanol–water partition coefficient (Wildman–Crippen LogP) is 10.4. The second kappa shape index (κ2) is 15.2. The van der Waals surface area contributed by atoms with Gasteiger partial charge in [0.15, 0.2) is 0 Å². The minimum atomic E-state index is -1.84. The minimum absolute atomic E-state index is 0.795. The van der Waals surface area contributed by atoms with Gasteiger partial charge in [0.1, 0.15) is 0 Å². The molecule has 0 aliphatic rings. The van der Waals surface area contributed by atoms with E-state index in [1.165, 1.54) is 61.6 Å². The normalized spacial score (nSPS) is 10.8. The molecular weight excluding hydrogens is 534 g/mol. The van der Waals surface area contributed by atoms with E-state index in [0.29, 0.717) is 0 Å². The van der Waals surface area contributed by atoms with Gasteiger partial charge < -0.3 is 0 Å². The van der Waals surface area contributed by atoms with Gasteiger partial charge in [-0.25, -0.2) is 0 Å². The Labute approximate surface area is 222 Å². The van der Waals surface area contributed by atoms with E-state index in [4.69, 9.17) is 17.0 Å². The van der Waals surface area contributed by atoms with E-state index in [-0.39, 0.29) is 0 Å². The molecule has 0 bridgehead atoms. The van der Waals surface area contributed by atoms with Crippen molar-refractivity contribution in [3.05, 3.63) is 83.9 Å². The Hall–Kier alpha value is -1.01. The molecule has 0 nitrogen and oxygen atoms in total. The van der Waals surface area contributed by atoms with Crippen molar-refractivity contribution in [3.8, 4) is 0 Å². The third-order valence-corrected chi connectivity index (χ3v) is 12.2. The second-order valence-corrected chi connectivity index (χ2v) is 19.4. The molecule has 184 valence electrons. The van der Waals surface area contributed by atoms with E-state index in [9.17, 15) is 0 Å². The first-order valence-corrected chi connectivity index (χ1v) is 20.0. The topological polar surface area (TPSA) is 0 Å². The van der Waals surface area contributed by atoms with Crippen LogP contribution in [-0.4, -0.2) is 3.21 Å². The van der Waals surface area contributed by atoms with E-state index in [1.807, 2.05) is 13.8 Å². The molecule has 4 aromatic rings. The third kappa shape index (κ3) is 9.93. The Balaban J connectivity index is 0.000000196. The first-order valence-electron chi connectivity index (χ1n) is 12.4. The number of fused-ring (bicyclic) bond motifs is 2. The van der Waals surface area contributed by atoms with Crippen LogP contribution in [0.5, 0.6) is 0 Å². The van der Waals surface area contributed by atoms with Crippen molar-refractivity contribution in [2.24, 2.45) is 11.8 Å². The first-order chi connectivity index (χ1) is 16.2. The molecule has 3 heteroatoms. The molecule has 0 amide bonds. The van der Waals surface area contributed by atoms with Crippen LogP contribution in [0.25, 0.3) is 21.5 Å². The molecule has 0 aliphatic heterocycles. The monoisotopic (exact) mass is 572 g/mol. The van der Waals surface area contributed by atoms with Gasteiger partial charge in [-0.3, -0.25) is 0 Å². The molecule has 4 rings (SSSR count). The number of hydrogen-bond acceptors (Lipinski definition) is 0. The SMILES string of the molecule is CC(C)CCc1c[cH-]c2ccccc12.CC(C)CCc1c[cH-]c2ccccc12.C[C](C)=[Zr]([Cl])[Cl]. The van der Waals surface area contributed by atoms with Gasteiger partial charge in [-0.2, -0.15) is 11.1 Å². The van der Waals surface area contributed by atoms with E-state index in [0.717, 1.165) is 11.8 Å². The third-order valence-electron chi connectivity index (χ3n) is 5.90. The Kier molecular flexibility index (Phi) is 13.0. The molecule has 0 saturated heterocycles. The van der Waals surface area contributed by atoms with E-state index >= 15 is 0 Å². The van der Waals surface area contributed by atoms with Crippen molar-refractivity contribution in [1.82, 2.24) is 0 Å². The zero-order valence-corrected chi connectivity index (χ0v) is 25.6. The zero-order valence-electron chi connectivity index (χ0n) is 21.7. The Morgan fingerprint density at radius 1 is 0.706 bits per heavy atom. The summed E-state index contributed by atoms with van der Waals surface area (Å²) in [4.78, 5) is 0. The molecular formula is C31H40Cl2Zr-2. The van der Waals surface area contributed by atoms with Gasteiger partial charge in [-0.05, 0) is 11.8 Å². The van der Waals surface area contributed by atoms with Crippen LogP contribution in [0, 0.1) is 11.8 Å². The summed E-state index contributed by atoms with van der Waals surface area (Å²) < 4.78 is 1.24. The summed E-state index contributed by atoms with van der Waals surface area (Å²) in [5.74, 6) is 1.59. The van der Waals surface area contributed by atoms with Gasteiger partial charge in [0.2, 0.25) is 0 Å². The van der Waals surface area contributed by atoms with Crippen molar-refractivity contribution in [3.63, 3.8) is 0 Å². The van der Waals surface area contributed by atoms with Crippen LogP contribution in [0.4, 0.5) is 0 Å². The van der Waals surface area contributed by atoms with E-state index in [2.05, 4.69) is 100 Å². The molecule has 0 unspecified atom stereocenters. The standard InChI is InChI=1S/2C14H17.C3H6.2ClH.Zr/c2*1-11(2)7-8-13-10-9-12-5-3-4-6-14(12)13;1-3-2;;;/h2*3-6,9-11H,7-8H2,1-2H3;1-2H3;2*1H;/q2*-1;;;;+2/p-2. The summed E-state index contributed by atoms with van der Waals surface area (Å²) in [7, 11) is 11.1. The number of halogens is 2. The summed E-state index contributed by atoms with van der Waals surface area (Å²) in [6, 6.07) is 26.3. The maximum atomic E-state index is 5.54. The first kappa shape index (κ1) is 29.2. The van der Waals surface area contributed by atoms with Crippen LogP contribution in [-0.2, 0) is 31.7 Å². The fourth-order valence-corrected chi connectivity index (χ4v) is 3.75. The van der Waals surface area contributed by atoms with Crippen molar-refractivity contribution in [2.45, 2.75) is 67.2 Å². The summed E-state index contributed by atoms with van der Waals surface area (Å²) in [6.45, 7) is 13.1. The summed E-state index contributed by atoms with van der Waals surface area (Å²) >= 11 is -1.84. The number of benzene rings is 2. The van der Waals surface area contributed by atoms with Crippen molar-refractivity contribution in [2.75, 3.05) is 0 Å². The van der Waals surface area contributed by atoms with Gasteiger partial charge in [0.05, 0.1) is 0 Å². The van der Waals surface area contributed by atoms with Crippen LogP contribution >= 0.6 is 17.0 Å². The number of rotatable bonds is 6. The van der Waals surface area contributed by atoms with Gasteiger partial charge in [0, 0.05) is 0 Å². The van der Waals surface area contributed by atoms with Crippen molar-refractivity contribution < 1.29 is 18.9 Å². The average Bonchev–Trinajstić information content (AvgIpc) is 3.41. The van der Waals surface area contributed by atoms with Gasteiger partial charge in [-0.15, -0.1) is 82.2 Å². The predicted molar refractivity (Wildman–Crippen MR) is 153 cm³/mol. The molecule has 0 N–H and O–H groups in total. The molecule has 0 spiro atoms. The van der Waals surface area contributed by atoms with Crippen molar-refractivity contribution >= 4 is 41.8 Å². The molecule has 0 fully saturated rings. The Bertz CT molecular complexity index is 1060. The van der Waals surface area contributed by atoms with E-state index < -0.39 is 18.9 Å². The molecule has 0 saturated carbocycles. The summed E-state index contributed by atoms with van der Waals surface area (Å²) in [5, 5.41) is 5.64. The summed E-state index contributed by atoms with van der Waals surface area (Å²) in [6.07, 6.45) is 5.00. The quantitative estimate of drug-likeness (QED) is 0.201. The fraction of sp³-hybridized carbons (Fsp3) is 0.387. The molecule has 34 heavy (non-hydrogen) atoms. The van der Waals surface area contributed by atoms with Gasteiger partial charge in [-0.1, -0.05) is 65.5 Å². The fourth-order valence-electron chi connectivity index (χ4n) is 3.75. The Morgan fingerprint density at radius 2 is 1.06 bits per heavy atom. The zero-order chi connectivity index (χ0) is 25.1. The summed E-state index contributed by atoms with van der Waals surface area (Å²) in [5.41, 5.74) is 3.02. The van der Waals surface area contributed by atoms with Crippen LogP contribution in [0.1, 0.15) is 65.5 Å². The number of aryl methyl sites for hydroxylation is 2. The van der Waals surface area contributed by atoms with Crippen molar-refractivity contribution in [1.29, 1.82) is 0 Å². The molecule has 0 aromatic heterocycles. The van der Waals surface area contributed by atoms with Crippen LogP contribution in [0.15, 0.2) is 72.8 Å². The molecule has 0 heterocycles. The van der Waals surface area contributed by atoms with Gasteiger partial charge >= 0.3 is 53.0 Å². The second-order valence-electron chi connectivity index (χ2n) is 10.0. The van der Waals surface area contributed by atoms with Crippen LogP contribution < -0.4 is 0 Å². The average molecular weight is 575 g/mol. The molecule has 0 aliphatic carbocycles. The number of hydrogen-bond donors (Lipinski definition) is 0. The Morgan fingerprint density at radius 3 is 1.38 bits per heavy atom. The molecule has 4 aromatic carbocycles. The maximum absolute atomic E-state index is 5.54. The molecule has 0 radical (unpaired) electrons. The van der Waals surface area contributed by atoms with Gasteiger partial charge in [0.25, 0.3) is 0 Å².